The average Bonchev–Trinajstić information content (AvgIpc) is 3.15. The van der Waals surface area contributed by atoms with Crippen molar-refractivity contribution in [3.05, 3.63) is 112 Å². The first-order valence-corrected chi connectivity index (χ1v) is 19.5. The summed E-state index contributed by atoms with van der Waals surface area (Å²) in [6, 6.07) is 19.7. The summed E-state index contributed by atoms with van der Waals surface area (Å²) in [5.74, 6) is -1.27. The van der Waals surface area contributed by atoms with Gasteiger partial charge in [-0.25, -0.2) is 13.2 Å². The molecule has 7 rings (SSSR count). The number of sulfonamides is 1. The predicted octanol–water partition coefficient (Wildman–Crippen LogP) is 6.47. The minimum atomic E-state index is -4.27. The number of pyridine rings is 1. The fraction of sp³-hybridized carbons (Fsp3) is 0.342. The quantitative estimate of drug-likeness (QED) is 0.128. The van der Waals surface area contributed by atoms with Gasteiger partial charge in [-0.15, -0.1) is 0 Å². The number of benzene rings is 3. The molecule has 0 saturated carbocycles. The lowest BCUT2D eigenvalue weighted by Gasteiger charge is -2.44. The third-order valence-electron chi connectivity index (χ3n) is 9.38. The molecule has 2 unspecified atom stereocenters. The summed E-state index contributed by atoms with van der Waals surface area (Å²) in [6.45, 7) is 2.76. The molecule has 3 saturated heterocycles. The number of fused-ring (bicyclic) bond motifs is 3. The largest absolute Gasteiger partial charge is 0.493 e. The number of piperidine rings is 3. The number of carbonyl (C=O) groups excluding carboxylic acids is 2. The highest BCUT2D eigenvalue weighted by Gasteiger charge is 2.38. The molecule has 3 aliphatic heterocycles. The SMILES string of the molecule is COc1ccc(C(Cc2c(Cl)cncc2Cl)OC(=O)CS(=O)(=O)Nc2cccc(NC(C(=O)O[C@H]3CN4CCC3CC4)c3ccccc3)c2)cc1OC. The molecule has 0 aliphatic carbocycles. The van der Waals surface area contributed by atoms with Gasteiger partial charge in [0.05, 0.1) is 30.0 Å². The van der Waals surface area contributed by atoms with Crippen molar-refractivity contribution >= 4 is 56.5 Å². The molecule has 2 bridgehead atoms. The first kappa shape index (κ1) is 38.2. The van der Waals surface area contributed by atoms with Crippen molar-refractivity contribution in [1.82, 2.24) is 9.88 Å². The van der Waals surface area contributed by atoms with Crippen LogP contribution in [0.3, 0.4) is 0 Å². The number of esters is 2. The molecular formula is C38H40Cl2N4O8S. The maximum absolute atomic E-state index is 13.6. The van der Waals surface area contributed by atoms with Gasteiger partial charge in [0.2, 0.25) is 10.0 Å². The van der Waals surface area contributed by atoms with Crippen molar-refractivity contribution < 1.29 is 37.0 Å². The van der Waals surface area contributed by atoms with Crippen molar-refractivity contribution in [2.24, 2.45) is 5.92 Å². The number of nitrogens with one attached hydrogen (secondary N) is 2. The normalized spacial score (nSPS) is 19.1. The van der Waals surface area contributed by atoms with Crippen LogP contribution in [0.1, 0.15) is 41.7 Å². The highest BCUT2D eigenvalue weighted by atomic mass is 35.5. The lowest BCUT2D eigenvalue weighted by molar-refractivity contribution is -0.160. The fourth-order valence-electron chi connectivity index (χ4n) is 6.69. The number of halogens is 2. The number of carbonyl (C=O) groups is 2. The van der Waals surface area contributed by atoms with Crippen LogP contribution >= 0.6 is 23.2 Å². The van der Waals surface area contributed by atoms with E-state index in [2.05, 4.69) is 19.9 Å². The van der Waals surface area contributed by atoms with E-state index >= 15 is 0 Å². The van der Waals surface area contributed by atoms with Crippen LogP contribution in [0, 0.1) is 5.92 Å². The molecular weight excluding hydrogens is 743 g/mol. The highest BCUT2D eigenvalue weighted by molar-refractivity contribution is 7.93. The molecule has 3 aliphatic rings. The number of ether oxygens (including phenoxy) is 4. The topological polar surface area (TPSA) is 145 Å². The van der Waals surface area contributed by atoms with Crippen LogP contribution in [-0.2, 0) is 35.5 Å². The number of hydrogen-bond donors (Lipinski definition) is 2. The van der Waals surface area contributed by atoms with Crippen LogP contribution in [-0.4, -0.2) is 76.0 Å². The van der Waals surface area contributed by atoms with E-state index < -0.39 is 39.9 Å². The van der Waals surface area contributed by atoms with E-state index in [1.165, 1.54) is 32.7 Å². The molecule has 12 nitrogen and oxygen atoms in total. The standard InChI is InChI=1S/C38H40Cl2N4O8S/c1-49-32-12-11-26(17-34(32)50-2)33(19-29-30(39)20-41-21-31(29)40)51-36(45)23-53(47,48)43-28-10-6-9-27(18-28)42-37(25-7-4-3-5-8-25)38(46)52-35-22-44-15-13-24(35)14-16-44/h3-12,17-18,20-21,24,33,35,37,42-43H,13-16,19,22-23H2,1-2H3/t33?,35-,37?/m0/s1. The Morgan fingerprint density at radius 3 is 2.25 bits per heavy atom. The lowest BCUT2D eigenvalue weighted by Crippen LogP contribution is -2.52. The molecule has 1 aromatic heterocycles. The zero-order chi connectivity index (χ0) is 37.5. The molecule has 4 aromatic rings. The summed E-state index contributed by atoms with van der Waals surface area (Å²) in [6.07, 6.45) is 3.67. The zero-order valence-corrected chi connectivity index (χ0v) is 31.5. The van der Waals surface area contributed by atoms with Gasteiger partial charge in [-0.2, -0.15) is 0 Å². The first-order valence-electron chi connectivity index (χ1n) is 17.1. The number of aromatic nitrogens is 1. The number of hydrogen-bond acceptors (Lipinski definition) is 11. The van der Waals surface area contributed by atoms with E-state index in [4.69, 9.17) is 42.1 Å². The monoisotopic (exact) mass is 782 g/mol. The lowest BCUT2D eigenvalue weighted by atomic mass is 9.86. The van der Waals surface area contributed by atoms with Crippen molar-refractivity contribution in [3.63, 3.8) is 0 Å². The van der Waals surface area contributed by atoms with Gasteiger partial charge in [-0.05, 0) is 78.9 Å². The third kappa shape index (κ3) is 9.71. The Kier molecular flexibility index (Phi) is 12.3. The summed E-state index contributed by atoms with van der Waals surface area (Å²) < 4.78 is 51.7. The van der Waals surface area contributed by atoms with Crippen molar-refractivity contribution in [1.29, 1.82) is 0 Å². The van der Waals surface area contributed by atoms with Gasteiger partial charge in [0.1, 0.15) is 12.2 Å². The number of nitrogens with zero attached hydrogens (tertiary/aromatic N) is 2. The second-order valence-corrected chi connectivity index (χ2v) is 15.5. The summed E-state index contributed by atoms with van der Waals surface area (Å²) in [4.78, 5) is 33.2. The fourth-order valence-corrected chi connectivity index (χ4v) is 8.14. The maximum atomic E-state index is 13.6. The van der Waals surface area contributed by atoms with Crippen LogP contribution in [0.4, 0.5) is 11.4 Å². The summed E-state index contributed by atoms with van der Waals surface area (Å²) in [5.41, 5.74) is 2.29. The Hall–Kier alpha value is -4.56. The molecule has 0 radical (unpaired) electrons. The molecule has 15 heteroatoms. The minimum absolute atomic E-state index is 0.0211. The Morgan fingerprint density at radius 2 is 1.58 bits per heavy atom. The van der Waals surface area contributed by atoms with E-state index in [1.54, 1.807) is 36.4 Å². The molecule has 3 fully saturated rings. The van der Waals surface area contributed by atoms with Gasteiger partial charge in [-0.1, -0.05) is 65.7 Å². The van der Waals surface area contributed by atoms with Crippen LogP contribution in [0.25, 0.3) is 0 Å². The molecule has 2 N–H and O–H groups in total. The molecule has 4 heterocycles. The Balaban J connectivity index is 1.15. The maximum Gasteiger partial charge on any atom is 0.333 e. The smallest absolute Gasteiger partial charge is 0.333 e. The number of methoxy groups -OCH3 is 2. The van der Waals surface area contributed by atoms with Crippen LogP contribution < -0.4 is 19.5 Å². The van der Waals surface area contributed by atoms with Gasteiger partial charge < -0.3 is 24.3 Å². The molecule has 0 amide bonds. The second kappa shape index (κ2) is 17.1. The van der Waals surface area contributed by atoms with E-state index in [1.807, 2.05) is 30.3 Å². The third-order valence-corrected chi connectivity index (χ3v) is 11.2. The molecule has 0 spiro atoms. The Bertz CT molecular complexity index is 2010. The van der Waals surface area contributed by atoms with E-state index in [9.17, 15) is 18.0 Å². The highest BCUT2D eigenvalue weighted by Crippen LogP contribution is 2.36. The van der Waals surface area contributed by atoms with Gasteiger partial charge in [0.25, 0.3) is 0 Å². The second-order valence-electron chi connectivity index (χ2n) is 12.9. The van der Waals surface area contributed by atoms with Crippen LogP contribution in [0.5, 0.6) is 11.5 Å². The van der Waals surface area contributed by atoms with Crippen molar-refractivity contribution in [2.45, 2.75) is 37.5 Å². The van der Waals surface area contributed by atoms with Gasteiger partial charge in [-0.3, -0.25) is 19.4 Å². The van der Waals surface area contributed by atoms with Gasteiger partial charge in [0, 0.05) is 31.0 Å². The minimum Gasteiger partial charge on any atom is -0.493 e. The van der Waals surface area contributed by atoms with Crippen LogP contribution in [0.2, 0.25) is 10.0 Å². The van der Waals surface area contributed by atoms with Crippen molar-refractivity contribution in [3.8, 4) is 11.5 Å². The summed E-state index contributed by atoms with van der Waals surface area (Å²) in [5, 5.41) is 3.74. The van der Waals surface area contributed by atoms with Crippen molar-refractivity contribution in [2.75, 3.05) is 49.6 Å². The van der Waals surface area contributed by atoms with Gasteiger partial charge >= 0.3 is 11.9 Å². The Labute approximate surface area is 318 Å². The zero-order valence-electron chi connectivity index (χ0n) is 29.2. The van der Waals surface area contributed by atoms with Crippen LogP contribution in [0.15, 0.2) is 85.2 Å². The molecule has 280 valence electrons. The molecule has 3 aromatic carbocycles. The molecule has 3 atom stereocenters. The first-order chi connectivity index (χ1) is 25.5. The average molecular weight is 784 g/mol. The van der Waals surface area contributed by atoms with Gasteiger partial charge in [0.15, 0.2) is 23.3 Å². The van der Waals surface area contributed by atoms with E-state index in [0.717, 1.165) is 32.5 Å². The molecule has 53 heavy (non-hydrogen) atoms. The van der Waals surface area contributed by atoms with E-state index in [-0.39, 0.29) is 28.3 Å². The Morgan fingerprint density at radius 1 is 0.887 bits per heavy atom. The number of rotatable bonds is 15. The summed E-state index contributed by atoms with van der Waals surface area (Å²) in [7, 11) is -1.31. The predicted molar refractivity (Wildman–Crippen MR) is 202 cm³/mol. The van der Waals surface area contributed by atoms with E-state index in [0.29, 0.717) is 39.8 Å². The number of anilines is 2. The summed E-state index contributed by atoms with van der Waals surface area (Å²) >= 11 is 12.8.